The molecule has 22 heavy (non-hydrogen) atoms. The number of benzene rings is 1. The van der Waals surface area contributed by atoms with E-state index in [9.17, 15) is 13.2 Å². The highest BCUT2D eigenvalue weighted by Crippen LogP contribution is 2.36. The number of alkyl halides is 3. The third-order valence-electron chi connectivity index (χ3n) is 4.01. The molecule has 0 spiro atoms. The molecule has 0 fully saturated rings. The average Bonchev–Trinajstić information content (AvgIpc) is 2.90. The second kappa shape index (κ2) is 6.99. The standard InChI is InChI=1S/C17H20F3NO/c1-2-3-4-5-12-8-11-15(21-22)16(12)13-6-9-14(10-7-13)17(18,19)20/h6-7,9-10,22H,2-5,8,11H2,1H3/b21-15+. The minimum Gasteiger partial charge on any atom is -0.411 e. The zero-order chi connectivity index (χ0) is 16.2. The first kappa shape index (κ1) is 16.6. The van der Waals surface area contributed by atoms with Gasteiger partial charge in [0.1, 0.15) is 0 Å². The lowest BCUT2D eigenvalue weighted by Crippen LogP contribution is -2.05. The Balaban J connectivity index is 2.30. The molecule has 0 bridgehead atoms. The zero-order valence-corrected chi connectivity index (χ0v) is 12.6. The van der Waals surface area contributed by atoms with Gasteiger partial charge >= 0.3 is 6.18 Å². The van der Waals surface area contributed by atoms with E-state index in [4.69, 9.17) is 5.21 Å². The topological polar surface area (TPSA) is 32.6 Å². The minimum atomic E-state index is -4.33. The molecule has 5 heteroatoms. The average molecular weight is 311 g/mol. The van der Waals surface area contributed by atoms with E-state index >= 15 is 0 Å². The zero-order valence-electron chi connectivity index (χ0n) is 12.6. The van der Waals surface area contributed by atoms with Gasteiger partial charge in [-0.2, -0.15) is 13.2 Å². The summed E-state index contributed by atoms with van der Waals surface area (Å²) in [4.78, 5) is 0. The van der Waals surface area contributed by atoms with Gasteiger partial charge in [0.25, 0.3) is 0 Å². The van der Waals surface area contributed by atoms with Gasteiger partial charge in [-0.15, -0.1) is 0 Å². The van der Waals surface area contributed by atoms with Crippen LogP contribution in [0.1, 0.15) is 56.6 Å². The first-order valence-electron chi connectivity index (χ1n) is 7.58. The maximum atomic E-state index is 12.6. The van der Waals surface area contributed by atoms with Crippen LogP contribution in [0.15, 0.2) is 35.0 Å². The van der Waals surface area contributed by atoms with Crippen LogP contribution in [0.5, 0.6) is 0 Å². The SMILES string of the molecule is CCCCCC1=C(c2ccc(C(F)(F)F)cc2)/C(=N/O)CC1. The number of nitrogens with zero attached hydrogens (tertiary/aromatic N) is 1. The Morgan fingerprint density at radius 2 is 1.77 bits per heavy atom. The second-order valence-electron chi connectivity index (χ2n) is 5.56. The van der Waals surface area contributed by atoms with Gasteiger partial charge in [0, 0.05) is 5.57 Å². The number of rotatable bonds is 5. The molecule has 0 aliphatic heterocycles. The van der Waals surface area contributed by atoms with Crippen LogP contribution in [0.3, 0.4) is 0 Å². The van der Waals surface area contributed by atoms with Crippen molar-refractivity contribution in [1.29, 1.82) is 0 Å². The van der Waals surface area contributed by atoms with Gasteiger partial charge in [-0.25, -0.2) is 0 Å². The van der Waals surface area contributed by atoms with Gasteiger partial charge in [0.2, 0.25) is 0 Å². The maximum absolute atomic E-state index is 12.6. The summed E-state index contributed by atoms with van der Waals surface area (Å²) in [6, 6.07) is 5.10. The van der Waals surface area contributed by atoms with Crippen LogP contribution in [-0.2, 0) is 6.18 Å². The molecule has 2 rings (SSSR count). The van der Waals surface area contributed by atoms with Crippen molar-refractivity contribution in [1.82, 2.24) is 0 Å². The number of hydrogen-bond acceptors (Lipinski definition) is 2. The molecule has 1 aliphatic carbocycles. The van der Waals surface area contributed by atoms with Crippen LogP contribution >= 0.6 is 0 Å². The van der Waals surface area contributed by atoms with Gasteiger partial charge < -0.3 is 5.21 Å². The molecule has 0 unspecified atom stereocenters. The van der Waals surface area contributed by atoms with Crippen LogP contribution in [0.4, 0.5) is 13.2 Å². The molecule has 1 aromatic rings. The Hall–Kier alpha value is -1.78. The van der Waals surface area contributed by atoms with Crippen LogP contribution in [0, 0.1) is 0 Å². The highest BCUT2D eigenvalue weighted by Gasteiger charge is 2.30. The summed E-state index contributed by atoms with van der Waals surface area (Å²) in [5, 5.41) is 12.5. The normalized spacial score (nSPS) is 17.5. The van der Waals surface area contributed by atoms with Crippen molar-refractivity contribution < 1.29 is 18.4 Å². The number of hydrogen-bond donors (Lipinski definition) is 1. The molecule has 120 valence electrons. The third-order valence-corrected chi connectivity index (χ3v) is 4.01. The van der Waals surface area contributed by atoms with Gasteiger partial charge in [-0.05, 0) is 43.4 Å². The van der Waals surface area contributed by atoms with Crippen molar-refractivity contribution in [2.75, 3.05) is 0 Å². The van der Waals surface area contributed by atoms with Crippen molar-refractivity contribution in [2.24, 2.45) is 5.16 Å². The Bertz CT molecular complexity index is 571. The number of unbranched alkanes of at least 4 members (excludes halogenated alkanes) is 2. The molecule has 1 aromatic carbocycles. The lowest BCUT2D eigenvalue weighted by Gasteiger charge is -2.11. The van der Waals surface area contributed by atoms with E-state index in [0.29, 0.717) is 17.7 Å². The van der Waals surface area contributed by atoms with E-state index < -0.39 is 11.7 Å². The molecule has 0 heterocycles. The van der Waals surface area contributed by atoms with Crippen molar-refractivity contribution in [2.45, 2.75) is 51.6 Å². The first-order chi connectivity index (χ1) is 10.5. The van der Waals surface area contributed by atoms with Crippen LogP contribution in [-0.4, -0.2) is 10.9 Å². The number of oxime groups is 1. The lowest BCUT2D eigenvalue weighted by atomic mass is 9.97. The van der Waals surface area contributed by atoms with Gasteiger partial charge in [0.05, 0.1) is 11.3 Å². The smallest absolute Gasteiger partial charge is 0.411 e. The second-order valence-corrected chi connectivity index (χ2v) is 5.56. The van der Waals surface area contributed by atoms with Crippen LogP contribution in [0.25, 0.3) is 5.57 Å². The molecule has 1 aliphatic rings. The van der Waals surface area contributed by atoms with Gasteiger partial charge in [-0.1, -0.05) is 42.6 Å². The lowest BCUT2D eigenvalue weighted by molar-refractivity contribution is -0.137. The van der Waals surface area contributed by atoms with E-state index in [1.165, 1.54) is 17.7 Å². The molecule has 0 atom stereocenters. The van der Waals surface area contributed by atoms with Gasteiger partial charge in [-0.3, -0.25) is 0 Å². The Morgan fingerprint density at radius 3 is 2.32 bits per heavy atom. The van der Waals surface area contributed by atoms with Crippen molar-refractivity contribution in [3.63, 3.8) is 0 Å². The number of allylic oxidation sites excluding steroid dienone is 2. The summed E-state index contributed by atoms with van der Waals surface area (Å²) in [7, 11) is 0. The Kier molecular flexibility index (Phi) is 5.27. The Labute approximate surface area is 128 Å². The highest BCUT2D eigenvalue weighted by atomic mass is 19.4. The summed E-state index contributed by atoms with van der Waals surface area (Å²) in [5.41, 5.74) is 2.62. The summed E-state index contributed by atoms with van der Waals surface area (Å²) in [5.74, 6) is 0. The molecule has 0 radical (unpaired) electrons. The fourth-order valence-electron chi connectivity index (χ4n) is 2.86. The van der Waals surface area contributed by atoms with E-state index in [1.807, 2.05) is 0 Å². The third kappa shape index (κ3) is 3.70. The van der Waals surface area contributed by atoms with Crippen molar-refractivity contribution in [3.8, 4) is 0 Å². The summed E-state index contributed by atoms with van der Waals surface area (Å²) >= 11 is 0. The largest absolute Gasteiger partial charge is 0.416 e. The highest BCUT2D eigenvalue weighted by molar-refractivity contribution is 6.26. The molecular weight excluding hydrogens is 291 g/mol. The fraction of sp³-hybridized carbons (Fsp3) is 0.471. The quantitative estimate of drug-likeness (QED) is 0.424. The summed E-state index contributed by atoms with van der Waals surface area (Å²) in [6.45, 7) is 2.13. The molecule has 0 saturated heterocycles. The molecule has 0 aromatic heterocycles. The summed E-state index contributed by atoms with van der Waals surface area (Å²) in [6.07, 6.45) is 1.32. The predicted octanol–water partition coefficient (Wildman–Crippen LogP) is 5.66. The van der Waals surface area contributed by atoms with Crippen molar-refractivity contribution >= 4 is 11.3 Å². The van der Waals surface area contributed by atoms with Crippen molar-refractivity contribution in [3.05, 3.63) is 41.0 Å². The monoisotopic (exact) mass is 311 g/mol. The van der Waals surface area contributed by atoms with Crippen LogP contribution in [0.2, 0.25) is 0 Å². The summed E-state index contributed by atoms with van der Waals surface area (Å²) < 4.78 is 37.9. The van der Waals surface area contributed by atoms with Crippen LogP contribution < -0.4 is 0 Å². The first-order valence-corrected chi connectivity index (χ1v) is 7.58. The van der Waals surface area contributed by atoms with E-state index in [2.05, 4.69) is 12.1 Å². The van der Waals surface area contributed by atoms with Gasteiger partial charge in [0.15, 0.2) is 0 Å². The molecular formula is C17H20F3NO. The predicted molar refractivity (Wildman–Crippen MR) is 81.0 cm³/mol. The minimum absolute atomic E-state index is 0.575. The molecule has 1 N–H and O–H groups in total. The van der Waals surface area contributed by atoms with E-state index in [1.54, 1.807) is 0 Å². The van der Waals surface area contributed by atoms with E-state index in [-0.39, 0.29) is 0 Å². The maximum Gasteiger partial charge on any atom is 0.416 e. The van der Waals surface area contributed by atoms with E-state index in [0.717, 1.165) is 49.8 Å². The number of halogens is 3. The molecule has 2 nitrogen and oxygen atoms in total. The fourth-order valence-corrected chi connectivity index (χ4v) is 2.86. The molecule has 0 saturated carbocycles. The molecule has 0 amide bonds. The Morgan fingerprint density at radius 1 is 1.09 bits per heavy atom.